The topological polar surface area (TPSA) is 38.3 Å². The summed E-state index contributed by atoms with van der Waals surface area (Å²) in [4.78, 5) is 12.5. The lowest BCUT2D eigenvalue weighted by atomic mass is 10.1. The van der Waals surface area contributed by atoms with Crippen molar-refractivity contribution < 1.29 is 18.3 Å². The van der Waals surface area contributed by atoms with Crippen molar-refractivity contribution in [1.82, 2.24) is 0 Å². The third-order valence-corrected chi connectivity index (χ3v) is 4.19. The van der Waals surface area contributed by atoms with E-state index in [1.54, 1.807) is 12.1 Å². The Morgan fingerprint density at radius 2 is 1.72 bits per heavy atom. The van der Waals surface area contributed by atoms with E-state index in [1.807, 2.05) is 42.5 Å². The normalized spacial score (nSPS) is 10.8. The third kappa shape index (κ3) is 4.70. The average Bonchev–Trinajstić information content (AvgIpc) is 2.61. The molecule has 0 spiro atoms. The third-order valence-electron chi connectivity index (χ3n) is 3.47. The molecule has 6 heteroatoms. The summed E-state index contributed by atoms with van der Waals surface area (Å²) in [5.41, 5.74) is 0.533. The molecule has 0 aliphatic heterocycles. The van der Waals surface area contributed by atoms with E-state index in [2.05, 4.69) is 5.32 Å². The molecule has 3 nitrogen and oxygen atoms in total. The average molecular weight is 359 g/mol. The standard InChI is InChI=1S/C19H15F2NO2S/c20-19(21)25-15-10-8-14(9-11-15)22-18(23)12-24-17-7-3-5-13-4-1-2-6-16(13)17/h1-11,19H,12H2,(H,22,23). The van der Waals surface area contributed by atoms with Gasteiger partial charge in [0.1, 0.15) is 5.75 Å². The lowest BCUT2D eigenvalue weighted by molar-refractivity contribution is -0.118. The number of halogens is 2. The Bertz CT molecular complexity index is 863. The number of hydrogen-bond acceptors (Lipinski definition) is 3. The van der Waals surface area contributed by atoms with Crippen molar-refractivity contribution in [1.29, 1.82) is 0 Å². The Kier molecular flexibility index (Phi) is 5.50. The predicted molar refractivity (Wildman–Crippen MR) is 96.4 cm³/mol. The number of carbonyl (C=O) groups excluding carboxylic acids is 1. The van der Waals surface area contributed by atoms with Gasteiger partial charge >= 0.3 is 0 Å². The van der Waals surface area contributed by atoms with Gasteiger partial charge in [-0.15, -0.1) is 0 Å². The van der Waals surface area contributed by atoms with Crippen LogP contribution in [0.1, 0.15) is 0 Å². The molecule has 3 rings (SSSR count). The van der Waals surface area contributed by atoms with Gasteiger partial charge in [-0.3, -0.25) is 4.79 Å². The highest BCUT2D eigenvalue weighted by Gasteiger charge is 2.08. The van der Waals surface area contributed by atoms with Crippen LogP contribution in [-0.2, 0) is 4.79 Å². The minimum atomic E-state index is -2.46. The van der Waals surface area contributed by atoms with Gasteiger partial charge in [0.2, 0.25) is 0 Å². The van der Waals surface area contributed by atoms with Gasteiger partial charge in [0.05, 0.1) is 0 Å². The maximum Gasteiger partial charge on any atom is 0.288 e. The number of thioether (sulfide) groups is 1. The number of rotatable bonds is 6. The molecule has 0 unspecified atom stereocenters. The molecule has 1 N–H and O–H groups in total. The first-order valence-corrected chi connectivity index (χ1v) is 8.45. The molecule has 0 heterocycles. The van der Waals surface area contributed by atoms with Crippen LogP contribution in [0.5, 0.6) is 5.75 Å². The molecule has 3 aromatic carbocycles. The second-order valence-corrected chi connectivity index (χ2v) is 6.28. The number of nitrogens with one attached hydrogen (secondary N) is 1. The summed E-state index contributed by atoms with van der Waals surface area (Å²) < 4.78 is 30.2. The quantitative estimate of drug-likeness (QED) is 0.617. The number of benzene rings is 3. The molecule has 0 saturated carbocycles. The van der Waals surface area contributed by atoms with Crippen molar-refractivity contribution in [2.45, 2.75) is 10.7 Å². The van der Waals surface area contributed by atoms with Crippen molar-refractivity contribution in [2.75, 3.05) is 11.9 Å². The zero-order chi connectivity index (χ0) is 17.6. The lowest BCUT2D eigenvalue weighted by Crippen LogP contribution is -2.20. The van der Waals surface area contributed by atoms with E-state index in [4.69, 9.17) is 4.74 Å². The Morgan fingerprint density at radius 3 is 2.48 bits per heavy atom. The van der Waals surface area contributed by atoms with E-state index in [0.29, 0.717) is 28.1 Å². The van der Waals surface area contributed by atoms with Crippen LogP contribution >= 0.6 is 11.8 Å². The van der Waals surface area contributed by atoms with Gasteiger partial charge in [0.15, 0.2) is 6.61 Å². The molecule has 3 aromatic rings. The van der Waals surface area contributed by atoms with Crippen molar-refractivity contribution in [3.05, 3.63) is 66.7 Å². The zero-order valence-corrected chi connectivity index (χ0v) is 13.9. The number of amides is 1. The van der Waals surface area contributed by atoms with Crippen molar-refractivity contribution >= 4 is 34.1 Å². The highest BCUT2D eigenvalue weighted by atomic mass is 32.2. The smallest absolute Gasteiger partial charge is 0.288 e. The summed E-state index contributed by atoms with van der Waals surface area (Å²) in [6, 6.07) is 19.7. The summed E-state index contributed by atoms with van der Waals surface area (Å²) in [6.45, 7) is -0.137. The molecule has 0 saturated heterocycles. The Balaban J connectivity index is 1.59. The van der Waals surface area contributed by atoms with Crippen LogP contribution in [0.3, 0.4) is 0 Å². The number of ether oxygens (including phenoxy) is 1. The molecule has 1 amide bonds. The summed E-state index contributed by atoms with van der Waals surface area (Å²) in [7, 11) is 0. The fourth-order valence-corrected chi connectivity index (χ4v) is 2.88. The number of carbonyl (C=O) groups is 1. The van der Waals surface area contributed by atoms with E-state index in [9.17, 15) is 13.6 Å². The van der Waals surface area contributed by atoms with Crippen molar-refractivity contribution in [2.24, 2.45) is 0 Å². The molecule has 0 atom stereocenters. The maximum absolute atomic E-state index is 12.3. The van der Waals surface area contributed by atoms with Crippen molar-refractivity contribution in [3.8, 4) is 5.75 Å². The number of hydrogen-bond donors (Lipinski definition) is 1. The number of alkyl halides is 2. The summed E-state index contributed by atoms with van der Waals surface area (Å²) in [5.74, 6) is -2.14. The second-order valence-electron chi connectivity index (χ2n) is 5.22. The number of fused-ring (bicyclic) bond motifs is 1. The first-order chi connectivity index (χ1) is 12.1. The van der Waals surface area contributed by atoms with Crippen LogP contribution in [0.15, 0.2) is 71.6 Å². The Hall–Kier alpha value is -2.60. The fourth-order valence-electron chi connectivity index (χ4n) is 2.38. The summed E-state index contributed by atoms with van der Waals surface area (Å²) in [5, 5.41) is 4.65. The van der Waals surface area contributed by atoms with Gasteiger partial charge < -0.3 is 10.1 Å². The summed E-state index contributed by atoms with van der Waals surface area (Å²) in [6.07, 6.45) is 0. The fraction of sp³-hybridized carbons (Fsp3) is 0.105. The SMILES string of the molecule is O=C(COc1cccc2ccccc12)Nc1ccc(SC(F)F)cc1. The van der Waals surface area contributed by atoms with Gasteiger partial charge in [-0.05, 0) is 35.7 Å². The lowest BCUT2D eigenvalue weighted by Gasteiger charge is -2.10. The first-order valence-electron chi connectivity index (χ1n) is 7.57. The molecule has 25 heavy (non-hydrogen) atoms. The molecule has 0 bridgehead atoms. The minimum Gasteiger partial charge on any atom is -0.483 e. The second kappa shape index (κ2) is 7.98. The van der Waals surface area contributed by atoms with E-state index in [0.717, 1.165) is 10.8 Å². The van der Waals surface area contributed by atoms with Gasteiger partial charge in [0, 0.05) is 16.0 Å². The molecule has 0 aliphatic rings. The van der Waals surface area contributed by atoms with Gasteiger partial charge in [-0.2, -0.15) is 8.78 Å². The molecule has 0 radical (unpaired) electrons. The monoisotopic (exact) mass is 359 g/mol. The van der Waals surface area contributed by atoms with Crippen LogP contribution in [0.2, 0.25) is 0 Å². The van der Waals surface area contributed by atoms with E-state index >= 15 is 0 Å². The van der Waals surface area contributed by atoms with Crippen molar-refractivity contribution in [3.63, 3.8) is 0 Å². The van der Waals surface area contributed by atoms with Gasteiger partial charge in [0.25, 0.3) is 11.7 Å². The Morgan fingerprint density at radius 1 is 1.00 bits per heavy atom. The molecule has 0 fully saturated rings. The van der Waals surface area contributed by atoms with Gasteiger partial charge in [-0.25, -0.2) is 0 Å². The van der Waals surface area contributed by atoms with E-state index in [-0.39, 0.29) is 12.5 Å². The molecular formula is C19H15F2NO2S. The van der Waals surface area contributed by atoms with Crippen LogP contribution in [0.25, 0.3) is 10.8 Å². The van der Waals surface area contributed by atoms with Crippen LogP contribution < -0.4 is 10.1 Å². The molecule has 0 aromatic heterocycles. The predicted octanol–water partition coefficient (Wildman–Crippen LogP) is 5.17. The van der Waals surface area contributed by atoms with Crippen LogP contribution in [-0.4, -0.2) is 18.3 Å². The molecule has 128 valence electrons. The highest BCUT2D eigenvalue weighted by Crippen LogP contribution is 2.27. The zero-order valence-electron chi connectivity index (χ0n) is 13.1. The summed E-state index contributed by atoms with van der Waals surface area (Å²) >= 11 is 0.464. The number of anilines is 1. The molecule has 0 aliphatic carbocycles. The Labute approximate surface area is 148 Å². The van der Waals surface area contributed by atoms with Gasteiger partial charge in [-0.1, -0.05) is 48.2 Å². The van der Waals surface area contributed by atoms with E-state index < -0.39 is 5.76 Å². The van der Waals surface area contributed by atoms with E-state index in [1.165, 1.54) is 12.1 Å². The van der Waals surface area contributed by atoms with Crippen LogP contribution in [0, 0.1) is 0 Å². The maximum atomic E-state index is 12.3. The molecular weight excluding hydrogens is 344 g/mol. The first kappa shape index (κ1) is 17.2. The minimum absolute atomic E-state index is 0.137. The van der Waals surface area contributed by atoms with Crippen LogP contribution in [0.4, 0.5) is 14.5 Å². The highest BCUT2D eigenvalue weighted by molar-refractivity contribution is 7.99. The largest absolute Gasteiger partial charge is 0.483 e.